The molecule has 1 aromatic carbocycles. The Bertz CT molecular complexity index is 637. The SMILES string of the molecule is CCOP(=O)(CCC[n+]1c(C)sc2ccccc21)OCC.[Br-]. The number of halogens is 1. The molecule has 2 rings (SSSR count). The van der Waals surface area contributed by atoms with Crippen LogP contribution in [0.2, 0.25) is 0 Å². The fraction of sp³-hybridized carbons (Fsp3) is 0.533. The van der Waals surface area contributed by atoms with Crippen LogP contribution in [0.5, 0.6) is 0 Å². The number of thiazole rings is 1. The predicted molar refractivity (Wildman–Crippen MR) is 87.1 cm³/mol. The first-order valence-electron chi connectivity index (χ1n) is 7.35. The lowest BCUT2D eigenvalue weighted by Gasteiger charge is -2.15. The molecule has 124 valence electrons. The zero-order valence-corrected chi connectivity index (χ0v) is 16.5. The molecular formula is C15H23BrNO3PS. The van der Waals surface area contributed by atoms with Gasteiger partial charge in [0.05, 0.1) is 19.4 Å². The molecule has 0 saturated heterocycles. The van der Waals surface area contributed by atoms with Crippen molar-refractivity contribution in [2.45, 2.75) is 33.7 Å². The number of aryl methyl sites for hydroxylation is 2. The highest BCUT2D eigenvalue weighted by Crippen LogP contribution is 2.48. The maximum absolute atomic E-state index is 12.4. The van der Waals surface area contributed by atoms with Crippen LogP contribution in [0.4, 0.5) is 0 Å². The van der Waals surface area contributed by atoms with E-state index in [4.69, 9.17) is 9.05 Å². The van der Waals surface area contributed by atoms with E-state index in [0.717, 1.165) is 13.0 Å². The van der Waals surface area contributed by atoms with Gasteiger partial charge in [-0.1, -0.05) is 23.5 Å². The summed E-state index contributed by atoms with van der Waals surface area (Å²) in [6.45, 7) is 7.49. The van der Waals surface area contributed by atoms with Crippen molar-refractivity contribution in [2.24, 2.45) is 0 Å². The Morgan fingerprint density at radius 2 is 1.82 bits per heavy atom. The number of hydrogen-bond donors (Lipinski definition) is 0. The maximum Gasteiger partial charge on any atom is 0.330 e. The number of aromatic nitrogens is 1. The molecule has 0 aliphatic rings. The Balaban J connectivity index is 0.00000242. The monoisotopic (exact) mass is 407 g/mol. The minimum absolute atomic E-state index is 0. The number of fused-ring (bicyclic) bond motifs is 1. The summed E-state index contributed by atoms with van der Waals surface area (Å²) in [5, 5.41) is 1.26. The van der Waals surface area contributed by atoms with Crippen molar-refractivity contribution in [2.75, 3.05) is 19.4 Å². The first kappa shape index (κ1) is 19.8. The van der Waals surface area contributed by atoms with Crippen LogP contribution < -0.4 is 21.5 Å². The zero-order valence-electron chi connectivity index (χ0n) is 13.3. The highest BCUT2D eigenvalue weighted by molar-refractivity contribution is 7.53. The molecule has 1 aromatic heterocycles. The third-order valence-corrected chi connectivity index (χ3v) is 6.51. The maximum atomic E-state index is 12.4. The summed E-state index contributed by atoms with van der Waals surface area (Å²) in [6.07, 6.45) is 1.24. The van der Waals surface area contributed by atoms with Gasteiger partial charge in [-0.25, -0.2) is 0 Å². The number of para-hydroxylation sites is 1. The highest BCUT2D eigenvalue weighted by atomic mass is 79.9. The van der Waals surface area contributed by atoms with Gasteiger partial charge >= 0.3 is 7.60 Å². The Hall–Kier alpha value is -0.260. The minimum Gasteiger partial charge on any atom is -1.00 e. The Kier molecular flexibility index (Phi) is 8.22. The van der Waals surface area contributed by atoms with E-state index in [1.807, 2.05) is 13.8 Å². The lowest BCUT2D eigenvalue weighted by atomic mass is 10.3. The first-order chi connectivity index (χ1) is 10.1. The summed E-state index contributed by atoms with van der Waals surface area (Å²) in [7, 11) is -2.92. The van der Waals surface area contributed by atoms with Gasteiger partial charge in [-0.3, -0.25) is 4.57 Å². The van der Waals surface area contributed by atoms with Gasteiger partial charge in [-0.05, 0) is 19.9 Å². The smallest absolute Gasteiger partial charge is 0.330 e. The van der Waals surface area contributed by atoms with E-state index in [0.29, 0.717) is 19.4 Å². The average molecular weight is 408 g/mol. The average Bonchev–Trinajstić information content (AvgIpc) is 2.76. The van der Waals surface area contributed by atoms with Crippen molar-refractivity contribution in [3.63, 3.8) is 0 Å². The van der Waals surface area contributed by atoms with Crippen LogP contribution >= 0.6 is 18.9 Å². The van der Waals surface area contributed by atoms with Crippen molar-refractivity contribution < 1.29 is 35.2 Å². The van der Waals surface area contributed by atoms with Gasteiger partial charge in [-0.15, -0.1) is 0 Å². The standard InChI is InChI=1S/C15H23NO3PS.BrH/c1-4-18-20(17,19-5-2)12-8-11-16-13(3)21-15-10-7-6-9-14(15)16;/h6-7,9-10H,4-5,8,11-12H2,1-3H3;1H/q+1;/p-1. The number of nitrogens with zero attached hydrogens (tertiary/aromatic N) is 1. The first-order valence-corrected chi connectivity index (χ1v) is 9.90. The normalized spacial score (nSPS) is 11.6. The molecule has 2 aromatic rings. The van der Waals surface area contributed by atoms with Gasteiger partial charge in [0, 0.05) is 19.4 Å². The summed E-state index contributed by atoms with van der Waals surface area (Å²) in [5.74, 6) is 0. The molecule has 0 bridgehead atoms. The summed E-state index contributed by atoms with van der Waals surface area (Å²) in [4.78, 5) is 0. The highest BCUT2D eigenvalue weighted by Gasteiger charge is 2.25. The summed E-state index contributed by atoms with van der Waals surface area (Å²) in [5.41, 5.74) is 1.24. The van der Waals surface area contributed by atoms with E-state index < -0.39 is 7.60 Å². The number of rotatable bonds is 8. The molecule has 0 fully saturated rings. The van der Waals surface area contributed by atoms with Gasteiger partial charge in [0.2, 0.25) is 10.5 Å². The Morgan fingerprint density at radius 3 is 2.45 bits per heavy atom. The second-order valence-corrected chi connectivity index (χ2v) is 8.18. The fourth-order valence-electron chi connectivity index (χ4n) is 2.41. The quantitative estimate of drug-likeness (QED) is 0.486. The molecule has 1 heterocycles. The van der Waals surface area contributed by atoms with E-state index >= 15 is 0 Å². The van der Waals surface area contributed by atoms with Gasteiger partial charge in [0.15, 0.2) is 6.54 Å². The van der Waals surface area contributed by atoms with E-state index in [1.165, 1.54) is 15.2 Å². The largest absolute Gasteiger partial charge is 1.00 e. The molecule has 0 radical (unpaired) electrons. The Labute approximate surface area is 146 Å². The summed E-state index contributed by atoms with van der Waals surface area (Å²) >= 11 is 1.79. The molecule has 0 amide bonds. The molecule has 0 spiro atoms. The summed E-state index contributed by atoms with van der Waals surface area (Å²) < 4.78 is 26.7. The molecular weight excluding hydrogens is 385 g/mol. The van der Waals surface area contributed by atoms with E-state index in [2.05, 4.69) is 35.8 Å². The van der Waals surface area contributed by atoms with Gasteiger partial charge < -0.3 is 26.0 Å². The molecule has 0 unspecified atom stereocenters. The van der Waals surface area contributed by atoms with E-state index in [1.54, 1.807) is 11.3 Å². The van der Waals surface area contributed by atoms with Crippen molar-refractivity contribution >= 4 is 29.1 Å². The molecule has 0 aliphatic heterocycles. The van der Waals surface area contributed by atoms with Crippen molar-refractivity contribution in [1.82, 2.24) is 0 Å². The van der Waals surface area contributed by atoms with Crippen LogP contribution in [0.3, 0.4) is 0 Å². The van der Waals surface area contributed by atoms with Crippen LogP contribution in [-0.2, 0) is 20.2 Å². The van der Waals surface area contributed by atoms with Crippen molar-refractivity contribution in [3.8, 4) is 0 Å². The third-order valence-electron chi connectivity index (χ3n) is 3.26. The molecule has 4 nitrogen and oxygen atoms in total. The van der Waals surface area contributed by atoms with Crippen molar-refractivity contribution in [3.05, 3.63) is 29.3 Å². The van der Waals surface area contributed by atoms with Crippen LogP contribution in [-0.4, -0.2) is 19.4 Å². The molecule has 7 heteroatoms. The molecule has 22 heavy (non-hydrogen) atoms. The lowest BCUT2D eigenvalue weighted by molar-refractivity contribution is -0.672. The molecule has 0 atom stereocenters. The second kappa shape index (κ2) is 9.14. The lowest BCUT2D eigenvalue weighted by Crippen LogP contribution is -3.00. The minimum atomic E-state index is -2.92. The molecule has 0 aliphatic carbocycles. The zero-order chi connectivity index (χ0) is 15.3. The van der Waals surface area contributed by atoms with Crippen molar-refractivity contribution in [1.29, 1.82) is 0 Å². The van der Waals surface area contributed by atoms with Crippen LogP contribution in [0.25, 0.3) is 10.2 Å². The van der Waals surface area contributed by atoms with E-state index in [-0.39, 0.29) is 17.0 Å². The van der Waals surface area contributed by atoms with Crippen LogP contribution in [0, 0.1) is 6.92 Å². The van der Waals surface area contributed by atoms with Crippen LogP contribution in [0.15, 0.2) is 24.3 Å². The van der Waals surface area contributed by atoms with Gasteiger partial charge in [0.1, 0.15) is 4.70 Å². The molecule has 0 saturated carbocycles. The number of benzene rings is 1. The van der Waals surface area contributed by atoms with Crippen LogP contribution in [0.1, 0.15) is 25.3 Å². The predicted octanol–water partition coefficient (Wildman–Crippen LogP) is 1.16. The van der Waals surface area contributed by atoms with Gasteiger partial charge in [-0.2, -0.15) is 4.57 Å². The molecule has 0 N–H and O–H groups in total. The Morgan fingerprint density at radius 1 is 1.18 bits per heavy atom. The van der Waals surface area contributed by atoms with E-state index in [9.17, 15) is 4.57 Å². The topological polar surface area (TPSA) is 39.4 Å². The third kappa shape index (κ3) is 4.87. The summed E-state index contributed by atoms with van der Waals surface area (Å²) in [6, 6.07) is 8.37. The fourth-order valence-corrected chi connectivity index (χ4v) is 5.11. The van der Waals surface area contributed by atoms with Gasteiger partial charge in [0.25, 0.3) is 0 Å². The number of hydrogen-bond acceptors (Lipinski definition) is 4. The second-order valence-electron chi connectivity index (χ2n) is 4.76.